The van der Waals surface area contributed by atoms with E-state index in [1.165, 1.54) is 0 Å². The van der Waals surface area contributed by atoms with Crippen LogP contribution in [0.1, 0.15) is 31.5 Å². The van der Waals surface area contributed by atoms with E-state index in [1.54, 1.807) is 18.6 Å². The van der Waals surface area contributed by atoms with Crippen LogP contribution in [0.4, 0.5) is 5.69 Å². The predicted octanol–water partition coefficient (Wildman–Crippen LogP) is 2.56. The molecule has 3 aromatic rings. The van der Waals surface area contributed by atoms with Gasteiger partial charge in [0.15, 0.2) is 5.82 Å². The second-order valence-corrected chi connectivity index (χ2v) is 8.19. The number of likely N-dealkylation sites (tertiary alicyclic amines) is 1. The maximum atomic E-state index is 12.4. The maximum absolute atomic E-state index is 12.4. The fourth-order valence-electron chi connectivity index (χ4n) is 4.02. The Morgan fingerprint density at radius 2 is 2.00 bits per heavy atom. The largest absolute Gasteiger partial charge is 0.492 e. The van der Waals surface area contributed by atoms with Crippen molar-refractivity contribution < 1.29 is 19.4 Å². The zero-order valence-corrected chi connectivity index (χ0v) is 18.7. The molecule has 2 aromatic heterocycles. The zero-order chi connectivity index (χ0) is 23.2. The predicted molar refractivity (Wildman–Crippen MR) is 124 cm³/mol. The molecule has 0 amide bonds. The lowest BCUT2D eigenvalue weighted by molar-refractivity contribution is -0.150. The molecule has 1 atom stereocenters. The highest BCUT2D eigenvalue weighted by molar-refractivity contribution is 5.94. The van der Waals surface area contributed by atoms with Crippen LogP contribution in [-0.4, -0.2) is 63.8 Å². The van der Waals surface area contributed by atoms with Gasteiger partial charge in [-0.15, -0.1) is 0 Å². The van der Waals surface area contributed by atoms with Gasteiger partial charge in [-0.3, -0.25) is 14.7 Å². The Morgan fingerprint density at radius 3 is 2.76 bits per heavy atom. The number of nitrogens with two attached hydrogens (primary N) is 1. The molecule has 1 aliphatic rings. The van der Waals surface area contributed by atoms with Crippen molar-refractivity contribution in [3.05, 3.63) is 42.6 Å². The van der Waals surface area contributed by atoms with Crippen LogP contribution in [0.5, 0.6) is 5.75 Å². The van der Waals surface area contributed by atoms with E-state index in [1.807, 2.05) is 25.2 Å². The van der Waals surface area contributed by atoms with Gasteiger partial charge in [0.2, 0.25) is 0 Å². The summed E-state index contributed by atoms with van der Waals surface area (Å²) < 4.78 is 11.7. The lowest BCUT2D eigenvalue weighted by Crippen LogP contribution is -2.43. The number of benzene rings is 1. The van der Waals surface area contributed by atoms with E-state index in [4.69, 9.17) is 15.2 Å². The van der Waals surface area contributed by atoms with Gasteiger partial charge in [0.25, 0.3) is 0 Å². The topological polar surface area (TPSA) is 124 Å². The number of aromatic nitrogens is 3. The van der Waals surface area contributed by atoms with Gasteiger partial charge < -0.3 is 20.3 Å². The second-order valence-electron chi connectivity index (χ2n) is 8.19. The molecule has 1 saturated heterocycles. The van der Waals surface area contributed by atoms with Crippen LogP contribution in [0.25, 0.3) is 22.0 Å². The SMILES string of the molecule is CN1CCCCC1C(=O)OCCCOc1c(-c2cnc(CO)nc2)ccc2ncc(N)cc12. The van der Waals surface area contributed by atoms with Crippen LogP contribution < -0.4 is 10.5 Å². The second kappa shape index (κ2) is 10.5. The molecule has 1 aromatic carbocycles. The molecule has 0 radical (unpaired) electrons. The molecule has 0 aliphatic carbocycles. The number of aliphatic hydroxyl groups excluding tert-OH is 1. The van der Waals surface area contributed by atoms with Gasteiger partial charge in [-0.05, 0) is 44.6 Å². The van der Waals surface area contributed by atoms with Crippen molar-refractivity contribution in [3.8, 4) is 16.9 Å². The lowest BCUT2D eigenvalue weighted by Gasteiger charge is -2.30. The quantitative estimate of drug-likeness (QED) is 0.393. The summed E-state index contributed by atoms with van der Waals surface area (Å²) in [6.07, 6.45) is 8.46. The van der Waals surface area contributed by atoms with E-state index in [-0.39, 0.29) is 25.2 Å². The normalized spacial score (nSPS) is 16.6. The Hall–Kier alpha value is -3.30. The zero-order valence-electron chi connectivity index (χ0n) is 18.7. The molecule has 1 fully saturated rings. The molecule has 0 bridgehead atoms. The highest BCUT2D eigenvalue weighted by atomic mass is 16.5. The summed E-state index contributed by atoms with van der Waals surface area (Å²) in [5.41, 5.74) is 8.80. The van der Waals surface area contributed by atoms with Gasteiger partial charge in [0.1, 0.15) is 18.4 Å². The first-order chi connectivity index (χ1) is 16.1. The molecular formula is C24H29N5O4. The number of carbonyl (C=O) groups excluding carboxylic acids is 1. The summed E-state index contributed by atoms with van der Waals surface area (Å²) in [6.45, 7) is 1.34. The monoisotopic (exact) mass is 451 g/mol. The number of nitrogen functional groups attached to an aromatic ring is 1. The maximum Gasteiger partial charge on any atom is 0.323 e. The van der Waals surface area contributed by atoms with Gasteiger partial charge in [-0.25, -0.2) is 9.97 Å². The third-order valence-corrected chi connectivity index (χ3v) is 5.82. The minimum absolute atomic E-state index is 0.153. The van der Waals surface area contributed by atoms with Crippen molar-refractivity contribution in [2.24, 2.45) is 0 Å². The molecule has 33 heavy (non-hydrogen) atoms. The average molecular weight is 452 g/mol. The molecule has 3 heterocycles. The Labute approximate surface area is 192 Å². The van der Waals surface area contributed by atoms with Crippen molar-refractivity contribution >= 4 is 22.6 Å². The van der Waals surface area contributed by atoms with E-state index >= 15 is 0 Å². The highest BCUT2D eigenvalue weighted by Gasteiger charge is 2.27. The fraction of sp³-hybridized carbons (Fsp3) is 0.417. The number of hydrogen-bond donors (Lipinski definition) is 2. The summed E-state index contributed by atoms with van der Waals surface area (Å²) in [6, 6.07) is 5.46. The van der Waals surface area contributed by atoms with Crippen LogP contribution in [0.3, 0.4) is 0 Å². The van der Waals surface area contributed by atoms with Gasteiger partial charge in [0, 0.05) is 35.3 Å². The number of hydrogen-bond acceptors (Lipinski definition) is 9. The van der Waals surface area contributed by atoms with Gasteiger partial charge in [0.05, 0.1) is 30.6 Å². The van der Waals surface area contributed by atoms with Crippen molar-refractivity contribution in [1.82, 2.24) is 19.9 Å². The Bertz CT molecular complexity index is 1110. The summed E-state index contributed by atoms with van der Waals surface area (Å²) in [4.78, 5) is 27.2. The van der Waals surface area contributed by atoms with Gasteiger partial charge in [-0.2, -0.15) is 0 Å². The molecule has 4 rings (SSSR count). The Kier molecular flexibility index (Phi) is 7.31. The number of piperidine rings is 1. The Balaban J connectivity index is 1.46. The number of fused-ring (bicyclic) bond motifs is 1. The minimum atomic E-state index is -0.225. The van der Waals surface area contributed by atoms with E-state index in [9.17, 15) is 9.90 Å². The minimum Gasteiger partial charge on any atom is -0.492 e. The number of nitrogens with zero attached hydrogens (tertiary/aromatic N) is 4. The number of rotatable bonds is 8. The summed E-state index contributed by atoms with van der Waals surface area (Å²) in [5, 5.41) is 10.00. The number of esters is 1. The number of aliphatic hydroxyl groups is 1. The molecule has 1 unspecified atom stereocenters. The number of carbonyl (C=O) groups is 1. The Morgan fingerprint density at radius 1 is 1.18 bits per heavy atom. The molecule has 0 saturated carbocycles. The third kappa shape index (κ3) is 5.37. The van der Waals surface area contributed by atoms with Crippen LogP contribution in [0.15, 0.2) is 36.8 Å². The average Bonchev–Trinajstić information content (AvgIpc) is 2.84. The highest BCUT2D eigenvalue weighted by Crippen LogP contribution is 2.36. The van der Waals surface area contributed by atoms with Crippen LogP contribution >= 0.6 is 0 Å². The number of anilines is 1. The smallest absolute Gasteiger partial charge is 0.323 e. The first-order valence-corrected chi connectivity index (χ1v) is 11.2. The van der Waals surface area contributed by atoms with Crippen molar-refractivity contribution in [2.75, 3.05) is 32.5 Å². The molecule has 1 aliphatic heterocycles. The molecule has 3 N–H and O–H groups in total. The lowest BCUT2D eigenvalue weighted by atomic mass is 10.0. The van der Waals surface area contributed by atoms with Crippen molar-refractivity contribution in [3.63, 3.8) is 0 Å². The number of pyridine rings is 1. The standard InChI is InChI=1S/C24H29N5O4/c1-29-8-3-2-5-21(29)24(31)33-10-4-9-32-23-18(16-12-27-22(15-30)28-13-16)6-7-20-19(23)11-17(25)14-26-20/h6-7,11-14,21,30H,2-5,8-10,15,25H2,1H3. The van der Waals surface area contributed by atoms with E-state index in [0.29, 0.717) is 30.3 Å². The summed E-state index contributed by atoms with van der Waals surface area (Å²) in [5.74, 6) is 0.797. The van der Waals surface area contributed by atoms with Crippen molar-refractivity contribution in [2.45, 2.75) is 38.3 Å². The van der Waals surface area contributed by atoms with Crippen LogP contribution in [0.2, 0.25) is 0 Å². The van der Waals surface area contributed by atoms with Crippen LogP contribution in [-0.2, 0) is 16.1 Å². The molecule has 0 spiro atoms. The molecule has 174 valence electrons. The molecule has 9 heteroatoms. The number of likely N-dealkylation sites (N-methyl/N-ethyl adjacent to an activating group) is 1. The van der Waals surface area contributed by atoms with Crippen LogP contribution in [0, 0.1) is 0 Å². The molecule has 9 nitrogen and oxygen atoms in total. The first-order valence-electron chi connectivity index (χ1n) is 11.2. The summed E-state index contributed by atoms with van der Waals surface area (Å²) in [7, 11) is 1.97. The fourth-order valence-corrected chi connectivity index (χ4v) is 4.02. The van der Waals surface area contributed by atoms with E-state index in [0.717, 1.165) is 47.8 Å². The van der Waals surface area contributed by atoms with E-state index in [2.05, 4.69) is 19.9 Å². The number of ether oxygens (including phenoxy) is 2. The summed E-state index contributed by atoms with van der Waals surface area (Å²) >= 11 is 0. The molecular weight excluding hydrogens is 422 g/mol. The van der Waals surface area contributed by atoms with Gasteiger partial charge >= 0.3 is 5.97 Å². The van der Waals surface area contributed by atoms with E-state index < -0.39 is 0 Å². The van der Waals surface area contributed by atoms with Crippen molar-refractivity contribution in [1.29, 1.82) is 0 Å². The first kappa shape index (κ1) is 22.9. The van der Waals surface area contributed by atoms with Gasteiger partial charge in [-0.1, -0.05) is 6.42 Å². The third-order valence-electron chi connectivity index (χ3n) is 5.82.